The number of carboxylic acid groups (broad SMARTS) is 1. The van der Waals surface area contributed by atoms with Gasteiger partial charge in [-0.1, -0.05) is 0 Å². The Morgan fingerprint density at radius 3 is 2.16 bits per heavy atom. The van der Waals surface area contributed by atoms with Gasteiger partial charge < -0.3 is 20.0 Å². The van der Waals surface area contributed by atoms with Crippen molar-refractivity contribution in [2.45, 2.75) is 32.3 Å². The minimum absolute atomic E-state index is 0.00742. The third kappa shape index (κ3) is 3.18. The molecule has 0 bridgehead atoms. The number of amides is 2. The standard InChI is InChI=1S/C13H22N2O4/c1-9(16)11-4-7-15(8-11)13(19)14-5-2-10(3-6-14)12(17)18/h9-11,16H,2-8H2,1H3,(H,17,18). The summed E-state index contributed by atoms with van der Waals surface area (Å²) in [6, 6.07) is -0.00742. The first kappa shape index (κ1) is 14.1. The maximum absolute atomic E-state index is 12.3. The molecule has 0 spiro atoms. The predicted octanol–water partition coefficient (Wildman–Crippen LogP) is 0.606. The molecule has 2 rings (SSSR count). The number of aliphatic hydroxyl groups is 1. The monoisotopic (exact) mass is 270 g/mol. The first-order valence-corrected chi connectivity index (χ1v) is 6.93. The minimum atomic E-state index is -0.762. The fourth-order valence-electron chi connectivity index (χ4n) is 2.87. The number of likely N-dealkylation sites (tertiary alicyclic amines) is 2. The van der Waals surface area contributed by atoms with E-state index in [0.717, 1.165) is 6.42 Å². The van der Waals surface area contributed by atoms with Gasteiger partial charge in [0.2, 0.25) is 0 Å². The zero-order valence-corrected chi connectivity index (χ0v) is 11.3. The number of hydrogen-bond donors (Lipinski definition) is 2. The predicted molar refractivity (Wildman–Crippen MR) is 68.7 cm³/mol. The third-order valence-corrected chi connectivity index (χ3v) is 4.29. The van der Waals surface area contributed by atoms with E-state index in [2.05, 4.69) is 0 Å². The smallest absolute Gasteiger partial charge is 0.320 e. The van der Waals surface area contributed by atoms with Gasteiger partial charge >= 0.3 is 12.0 Å². The van der Waals surface area contributed by atoms with Gasteiger partial charge in [-0.2, -0.15) is 0 Å². The highest BCUT2D eigenvalue weighted by Crippen LogP contribution is 2.23. The number of rotatable bonds is 2. The first-order valence-electron chi connectivity index (χ1n) is 6.93. The molecule has 0 aromatic heterocycles. The Labute approximate surface area is 113 Å². The molecule has 0 aromatic carbocycles. The Balaban J connectivity index is 1.83. The number of urea groups is 1. The molecule has 6 heteroatoms. The maximum atomic E-state index is 12.3. The Kier molecular flexibility index (Phi) is 4.29. The van der Waals surface area contributed by atoms with Crippen LogP contribution in [0.2, 0.25) is 0 Å². The maximum Gasteiger partial charge on any atom is 0.320 e. The second kappa shape index (κ2) is 5.77. The number of nitrogens with zero attached hydrogens (tertiary/aromatic N) is 2. The zero-order valence-electron chi connectivity index (χ0n) is 11.3. The van der Waals surface area contributed by atoms with Crippen LogP contribution in [-0.2, 0) is 4.79 Å². The van der Waals surface area contributed by atoms with Gasteiger partial charge in [-0.25, -0.2) is 4.79 Å². The molecule has 0 radical (unpaired) electrons. The molecule has 108 valence electrons. The minimum Gasteiger partial charge on any atom is -0.481 e. The number of carboxylic acids is 1. The summed E-state index contributed by atoms with van der Waals surface area (Å²) in [5.74, 6) is -0.907. The topological polar surface area (TPSA) is 81.1 Å². The Bertz CT molecular complexity index is 351. The molecule has 2 N–H and O–H groups in total. The molecule has 2 amide bonds. The first-order chi connectivity index (χ1) is 8.99. The van der Waals surface area contributed by atoms with Crippen molar-refractivity contribution in [2.75, 3.05) is 26.2 Å². The number of piperidine rings is 1. The van der Waals surface area contributed by atoms with E-state index < -0.39 is 5.97 Å². The Hall–Kier alpha value is -1.30. The molecule has 2 unspecified atom stereocenters. The normalized spacial score (nSPS) is 26.5. The molecule has 2 aliphatic heterocycles. The molecule has 2 heterocycles. The van der Waals surface area contributed by atoms with Crippen LogP contribution in [0.1, 0.15) is 26.2 Å². The van der Waals surface area contributed by atoms with Crippen molar-refractivity contribution in [3.8, 4) is 0 Å². The highest BCUT2D eigenvalue weighted by atomic mass is 16.4. The number of carbonyl (C=O) groups is 2. The summed E-state index contributed by atoms with van der Waals surface area (Å²) in [7, 11) is 0. The van der Waals surface area contributed by atoms with Gasteiger partial charge in [0.25, 0.3) is 0 Å². The van der Waals surface area contributed by atoms with Gasteiger partial charge in [0.1, 0.15) is 0 Å². The van der Waals surface area contributed by atoms with E-state index in [0.29, 0.717) is 39.0 Å². The summed E-state index contributed by atoms with van der Waals surface area (Å²) in [4.78, 5) is 26.6. The Morgan fingerprint density at radius 1 is 1.11 bits per heavy atom. The van der Waals surface area contributed by atoms with E-state index in [1.807, 2.05) is 0 Å². The van der Waals surface area contributed by atoms with Crippen molar-refractivity contribution in [3.05, 3.63) is 0 Å². The zero-order chi connectivity index (χ0) is 14.0. The quantitative estimate of drug-likeness (QED) is 0.770. The van der Waals surface area contributed by atoms with Gasteiger partial charge in [0, 0.05) is 32.1 Å². The lowest BCUT2D eigenvalue weighted by Crippen LogP contribution is -2.47. The molecule has 2 saturated heterocycles. The number of aliphatic hydroxyl groups excluding tert-OH is 1. The molecule has 0 aromatic rings. The van der Waals surface area contributed by atoms with Crippen LogP contribution < -0.4 is 0 Å². The van der Waals surface area contributed by atoms with Crippen LogP contribution in [0.25, 0.3) is 0 Å². The summed E-state index contributed by atoms with van der Waals surface area (Å²) in [6.45, 7) is 4.09. The molecular formula is C13H22N2O4. The van der Waals surface area contributed by atoms with Crippen LogP contribution in [0.4, 0.5) is 4.79 Å². The molecule has 0 aliphatic carbocycles. The summed E-state index contributed by atoms with van der Waals surface area (Å²) in [5, 5.41) is 18.5. The van der Waals surface area contributed by atoms with Crippen LogP contribution >= 0.6 is 0 Å². The van der Waals surface area contributed by atoms with Crippen molar-refractivity contribution in [1.29, 1.82) is 0 Å². The lowest BCUT2D eigenvalue weighted by molar-refractivity contribution is -0.143. The SMILES string of the molecule is CC(O)C1CCN(C(=O)N2CCC(C(=O)O)CC2)C1. The number of hydrogen-bond acceptors (Lipinski definition) is 3. The summed E-state index contributed by atoms with van der Waals surface area (Å²) < 4.78 is 0. The highest BCUT2D eigenvalue weighted by molar-refractivity contribution is 5.75. The van der Waals surface area contributed by atoms with Gasteiger partial charge in [-0.15, -0.1) is 0 Å². The lowest BCUT2D eigenvalue weighted by atomic mass is 9.97. The second-order valence-electron chi connectivity index (χ2n) is 5.62. The van der Waals surface area contributed by atoms with E-state index in [1.165, 1.54) is 0 Å². The average molecular weight is 270 g/mol. The van der Waals surface area contributed by atoms with E-state index >= 15 is 0 Å². The van der Waals surface area contributed by atoms with E-state index in [4.69, 9.17) is 5.11 Å². The lowest BCUT2D eigenvalue weighted by Gasteiger charge is -2.33. The van der Waals surface area contributed by atoms with Gasteiger partial charge in [-0.05, 0) is 26.2 Å². The van der Waals surface area contributed by atoms with Crippen molar-refractivity contribution >= 4 is 12.0 Å². The summed E-state index contributed by atoms with van der Waals surface area (Å²) >= 11 is 0. The van der Waals surface area contributed by atoms with E-state index in [1.54, 1.807) is 16.7 Å². The molecule has 2 aliphatic rings. The second-order valence-corrected chi connectivity index (χ2v) is 5.62. The molecule has 2 fully saturated rings. The summed E-state index contributed by atoms with van der Waals surface area (Å²) in [5.41, 5.74) is 0. The fraction of sp³-hybridized carbons (Fsp3) is 0.846. The van der Waals surface area contributed by atoms with E-state index in [-0.39, 0.29) is 24.0 Å². The molecule has 0 saturated carbocycles. The van der Waals surface area contributed by atoms with Gasteiger partial charge in [0.05, 0.1) is 12.0 Å². The van der Waals surface area contributed by atoms with Crippen LogP contribution in [0.5, 0.6) is 0 Å². The van der Waals surface area contributed by atoms with Crippen molar-refractivity contribution in [1.82, 2.24) is 9.80 Å². The van der Waals surface area contributed by atoms with Crippen LogP contribution in [0, 0.1) is 11.8 Å². The van der Waals surface area contributed by atoms with Crippen molar-refractivity contribution < 1.29 is 19.8 Å². The largest absolute Gasteiger partial charge is 0.481 e. The van der Waals surface area contributed by atoms with Crippen LogP contribution in [-0.4, -0.2) is 64.3 Å². The van der Waals surface area contributed by atoms with Crippen LogP contribution in [0.15, 0.2) is 0 Å². The molecule has 2 atom stereocenters. The number of aliphatic carboxylic acids is 1. The number of carbonyl (C=O) groups excluding carboxylic acids is 1. The van der Waals surface area contributed by atoms with E-state index in [9.17, 15) is 14.7 Å². The average Bonchev–Trinajstić information content (AvgIpc) is 2.87. The highest BCUT2D eigenvalue weighted by Gasteiger charge is 2.33. The molecular weight excluding hydrogens is 248 g/mol. The van der Waals surface area contributed by atoms with Crippen molar-refractivity contribution in [2.24, 2.45) is 11.8 Å². The van der Waals surface area contributed by atoms with Gasteiger partial charge in [0.15, 0.2) is 0 Å². The van der Waals surface area contributed by atoms with Gasteiger partial charge in [-0.3, -0.25) is 4.79 Å². The van der Waals surface area contributed by atoms with Crippen LogP contribution in [0.3, 0.4) is 0 Å². The van der Waals surface area contributed by atoms with Crippen molar-refractivity contribution in [3.63, 3.8) is 0 Å². The Morgan fingerprint density at radius 2 is 1.68 bits per heavy atom. The summed E-state index contributed by atoms with van der Waals surface area (Å²) in [6.07, 6.45) is 1.54. The molecule has 6 nitrogen and oxygen atoms in total. The molecule has 19 heavy (non-hydrogen) atoms. The third-order valence-electron chi connectivity index (χ3n) is 4.29. The fourth-order valence-corrected chi connectivity index (χ4v) is 2.87.